The largest absolute Gasteiger partial charge is 0.492 e. The summed E-state index contributed by atoms with van der Waals surface area (Å²) in [6.07, 6.45) is -4.13. The number of nitrogen functional groups attached to an aromatic ring is 2. The normalized spacial score (nSPS) is 25.6. The van der Waals surface area contributed by atoms with Crippen LogP contribution in [-0.2, 0) is 58.5 Å². The maximum atomic E-state index is 15.4. The number of ether oxygens (including phenoxy) is 4. The molecule has 0 radical (unpaired) electrons. The summed E-state index contributed by atoms with van der Waals surface area (Å²) >= 11 is 6.40. The average molecular weight is 1250 g/mol. The molecular weight excluding hydrogens is 1190 g/mol. The first kappa shape index (κ1) is 57.2. The number of fused-ring (bicyclic) bond motifs is 9. The number of aliphatic hydroxyl groups excluding tert-OH is 2. The van der Waals surface area contributed by atoms with E-state index in [4.69, 9.17) is 51.3 Å². The first-order valence-electron chi connectivity index (χ1n) is 26.7. The number of para-hydroxylation sites is 1. The van der Waals surface area contributed by atoms with Gasteiger partial charge in [-0.05, 0) is 76.8 Å². The van der Waals surface area contributed by atoms with Gasteiger partial charge in [-0.3, -0.25) is 28.3 Å². The van der Waals surface area contributed by atoms with Gasteiger partial charge in [-0.15, -0.1) is 5.10 Å². The number of anilines is 3. The molecule has 0 bridgehead atoms. The number of aromatic amines is 1. The Bertz CT molecular complexity index is 4250. The van der Waals surface area contributed by atoms with Crippen LogP contribution in [-0.4, -0.2) is 137 Å². The summed E-state index contributed by atoms with van der Waals surface area (Å²) in [4.78, 5) is 75.7. The molecule has 33 heteroatoms. The van der Waals surface area contributed by atoms with Gasteiger partial charge >= 0.3 is 12.7 Å². The maximum Gasteiger partial charge on any atom is 0.343 e. The molecule has 9 aromatic rings. The minimum absolute atomic E-state index is 0.0169. The lowest BCUT2D eigenvalue weighted by Gasteiger charge is -2.32. The number of aliphatic hydroxyl groups is 2. The van der Waals surface area contributed by atoms with E-state index in [0.717, 1.165) is 39.5 Å². The van der Waals surface area contributed by atoms with Gasteiger partial charge in [-0.25, -0.2) is 39.6 Å². The van der Waals surface area contributed by atoms with Crippen LogP contribution >= 0.6 is 24.7 Å². The summed E-state index contributed by atoms with van der Waals surface area (Å²) in [5.41, 5.74) is 17.4. The number of rotatable bonds is 11. The third kappa shape index (κ3) is 11.1. The van der Waals surface area contributed by atoms with Crippen molar-refractivity contribution in [3.8, 4) is 34.0 Å². The Morgan fingerprint density at radius 1 is 0.814 bits per heavy atom. The van der Waals surface area contributed by atoms with Gasteiger partial charge in [0.1, 0.15) is 60.1 Å². The Balaban J connectivity index is 0.693. The van der Waals surface area contributed by atoms with E-state index in [1.165, 1.54) is 28.1 Å². The Morgan fingerprint density at radius 2 is 1.48 bits per heavy atom. The number of carbonyl (C=O) groups excluding carboxylic acids is 2. The van der Waals surface area contributed by atoms with Crippen LogP contribution in [0.25, 0.3) is 44.8 Å². The van der Waals surface area contributed by atoms with E-state index in [2.05, 4.69) is 50.4 Å². The summed E-state index contributed by atoms with van der Waals surface area (Å²) in [7, 11) is 0. The standard InChI is InChI=1S/C53H52N16O13P2S2/c1-27(70)66-20-30-6-2-3-7-33(30)38-43(34-8-4-5-9-35(34)66)69(65-62-38)18-19-77-31-16-12-29(13-17-31)52(74)80-32-14-10-28(11-15-32)23-86-84(76)64-40-36(81-50(45(40)72)67-25-58-41-46(54)56-24-57-47(41)67)21-78-83(75,85)63-39-37(22-79-84)82-51(44(39)71)68-26-59-42-48(68)60-53(55)61-49(42)73/h2-17,24-26,36-37,39-40,44-45,50-51,71-72H,18-23H2,1H3,(H,64,76)(H2,54,56,57)(H2,63,75,85)(H3,55,60,61,73)/t36-,37-,39-,40+,44-,45-,50-,51-,83?,84-/m1/s1. The number of esters is 1. The zero-order valence-electron chi connectivity index (χ0n) is 45.0. The van der Waals surface area contributed by atoms with E-state index in [1.807, 2.05) is 48.5 Å². The van der Waals surface area contributed by atoms with Gasteiger partial charge in [-0.1, -0.05) is 59.8 Å². The van der Waals surface area contributed by atoms with Crippen molar-refractivity contribution >= 4 is 88.2 Å². The number of carbonyl (C=O) groups is 2. The summed E-state index contributed by atoms with van der Waals surface area (Å²) in [5.74, 6) is -0.119. The number of H-pyrrole nitrogens is 1. The van der Waals surface area contributed by atoms with Gasteiger partial charge in [0.2, 0.25) is 11.9 Å². The van der Waals surface area contributed by atoms with Crippen molar-refractivity contribution in [2.24, 2.45) is 0 Å². The minimum atomic E-state index is -4.24. The van der Waals surface area contributed by atoms with E-state index in [0.29, 0.717) is 30.1 Å². The molecular formula is C53H52N16O13P2S2. The monoisotopic (exact) mass is 1250 g/mol. The maximum absolute atomic E-state index is 15.4. The van der Waals surface area contributed by atoms with Crippen LogP contribution in [0.1, 0.15) is 40.9 Å². The molecule has 13 rings (SSSR count). The highest BCUT2D eigenvalue weighted by Gasteiger charge is 2.52. The van der Waals surface area contributed by atoms with Crippen molar-refractivity contribution in [3.63, 3.8) is 0 Å². The molecule has 4 aliphatic rings. The van der Waals surface area contributed by atoms with Gasteiger partial charge in [-0.2, -0.15) is 4.98 Å². The number of hydrogen-bond acceptors (Lipinski definition) is 23. The fourth-order valence-electron chi connectivity index (χ4n) is 10.8. The SMILES string of the molecule is CC(=O)N1Cc2ccccc2-c2nnn(CCOc3ccc(C(=O)Oc4ccc(CS[P@@]5(=O)N[C@@H]6[C@@H](O)[C@H](n7cnc8c(N)ncnc87)O[C@@H]6COP(O)(=S)N[C@H]6[C@@H](O)[C@H](n7cnc8c(=O)[nH]c(N)nc87)O[C@@H]6CO5)cc4)cc3)c2-c2ccccc21. The summed E-state index contributed by atoms with van der Waals surface area (Å²) < 4.78 is 56.7. The van der Waals surface area contributed by atoms with Gasteiger partial charge in [0.25, 0.3) is 12.2 Å². The second-order valence-electron chi connectivity index (χ2n) is 20.4. The van der Waals surface area contributed by atoms with Crippen LogP contribution in [0.3, 0.4) is 0 Å². The Morgan fingerprint density at radius 3 is 2.22 bits per heavy atom. The average Bonchev–Trinajstić information content (AvgIpc) is 2.65. The molecule has 3 saturated heterocycles. The second kappa shape index (κ2) is 23.1. The number of hydrogen-bond donors (Lipinski definition) is 8. The smallest absolute Gasteiger partial charge is 0.343 e. The second-order valence-corrected chi connectivity index (χ2v) is 27.7. The van der Waals surface area contributed by atoms with Crippen molar-refractivity contribution in [3.05, 3.63) is 143 Å². The quantitative estimate of drug-likeness (QED) is 0.0516. The lowest BCUT2D eigenvalue weighted by molar-refractivity contribution is -0.116. The zero-order chi connectivity index (χ0) is 59.6. The molecule has 0 saturated carbocycles. The highest BCUT2D eigenvalue weighted by Crippen LogP contribution is 2.60. The molecule has 9 heterocycles. The van der Waals surface area contributed by atoms with Crippen molar-refractivity contribution in [1.82, 2.24) is 64.2 Å². The molecule has 4 aromatic carbocycles. The molecule has 86 heavy (non-hydrogen) atoms. The number of nitrogens with zero attached hydrogens (tertiary/aromatic N) is 11. The van der Waals surface area contributed by atoms with Crippen molar-refractivity contribution < 1.29 is 57.3 Å². The van der Waals surface area contributed by atoms with Crippen molar-refractivity contribution in [2.75, 3.05) is 36.2 Å². The van der Waals surface area contributed by atoms with Gasteiger partial charge < -0.3 is 59.5 Å². The Kier molecular flexibility index (Phi) is 15.4. The number of imidazole rings is 2. The van der Waals surface area contributed by atoms with Crippen LogP contribution in [0.5, 0.6) is 11.5 Å². The summed E-state index contributed by atoms with van der Waals surface area (Å²) in [6, 6.07) is 26.0. The molecule has 10 atom stereocenters. The van der Waals surface area contributed by atoms with Crippen LogP contribution in [0.15, 0.2) is 121 Å². The topological polar surface area (TPSA) is 384 Å². The molecule has 1 unspecified atom stereocenters. The lowest BCUT2D eigenvalue weighted by Crippen LogP contribution is -2.47. The predicted molar refractivity (Wildman–Crippen MR) is 314 cm³/mol. The van der Waals surface area contributed by atoms with Crippen molar-refractivity contribution in [2.45, 2.75) is 74.7 Å². The van der Waals surface area contributed by atoms with Crippen LogP contribution in [0.4, 0.5) is 17.5 Å². The van der Waals surface area contributed by atoms with Crippen LogP contribution in [0, 0.1) is 0 Å². The van der Waals surface area contributed by atoms with Crippen LogP contribution in [0.2, 0.25) is 0 Å². The highest BCUT2D eigenvalue weighted by atomic mass is 32.7. The number of nitrogens with one attached hydrogen (secondary N) is 3. The number of benzene rings is 4. The summed E-state index contributed by atoms with van der Waals surface area (Å²) in [5, 5.41) is 38.9. The first-order chi connectivity index (χ1) is 41.5. The first-order valence-corrected chi connectivity index (χ1v) is 32.5. The van der Waals surface area contributed by atoms with Gasteiger partial charge in [0.05, 0.1) is 68.0 Å². The van der Waals surface area contributed by atoms with Gasteiger partial charge in [0.15, 0.2) is 35.1 Å². The third-order valence-electron chi connectivity index (χ3n) is 14.9. The number of aromatic nitrogens is 11. The third-order valence-corrected chi connectivity index (χ3v) is 20.6. The molecule has 4 aliphatic heterocycles. The fraction of sp³-hybridized carbons (Fsp3) is 0.283. The molecule has 29 nitrogen and oxygen atoms in total. The van der Waals surface area contributed by atoms with E-state index in [-0.39, 0.29) is 63.7 Å². The van der Waals surface area contributed by atoms with Crippen LogP contribution < -0.4 is 41.6 Å². The number of nitrogens with two attached hydrogens (primary N) is 2. The molecule has 444 valence electrons. The highest BCUT2D eigenvalue weighted by molar-refractivity contribution is 8.55. The van der Waals surface area contributed by atoms with Gasteiger partial charge in [0, 0.05) is 23.8 Å². The molecule has 0 aliphatic carbocycles. The van der Waals surface area contributed by atoms with E-state index in [9.17, 15) is 29.5 Å². The minimum Gasteiger partial charge on any atom is -0.492 e. The summed E-state index contributed by atoms with van der Waals surface area (Å²) in [6.45, 7) is -6.83. The lowest BCUT2D eigenvalue weighted by atomic mass is 9.95. The molecule has 10 N–H and O–H groups in total. The van der Waals surface area contributed by atoms with E-state index < -0.39 is 87.1 Å². The number of amides is 1. The Hall–Kier alpha value is -7.87. The molecule has 3 fully saturated rings. The van der Waals surface area contributed by atoms with Crippen molar-refractivity contribution in [1.29, 1.82) is 0 Å². The zero-order valence-corrected chi connectivity index (χ0v) is 48.5. The Labute approximate surface area is 495 Å². The molecule has 0 spiro atoms. The van der Waals surface area contributed by atoms with E-state index in [1.54, 1.807) is 65.0 Å². The fourth-order valence-corrected chi connectivity index (χ4v) is 16.2. The van der Waals surface area contributed by atoms with E-state index >= 15 is 4.57 Å². The molecule has 1 amide bonds. The molecule has 5 aromatic heterocycles. The predicted octanol–water partition coefficient (Wildman–Crippen LogP) is 3.95.